The molecule has 5 heteroatoms. The summed E-state index contributed by atoms with van der Waals surface area (Å²) in [5.41, 5.74) is 0.358. The lowest BCUT2D eigenvalue weighted by Gasteiger charge is -2.16. The summed E-state index contributed by atoms with van der Waals surface area (Å²) in [7, 11) is 3.27. The van der Waals surface area contributed by atoms with E-state index in [9.17, 15) is 9.18 Å². The van der Waals surface area contributed by atoms with Crippen LogP contribution in [0.3, 0.4) is 0 Å². The van der Waals surface area contributed by atoms with Crippen molar-refractivity contribution in [2.45, 2.75) is 13.3 Å². The number of ether oxygens (including phenoxy) is 1. The molecule has 0 spiro atoms. The van der Waals surface area contributed by atoms with E-state index in [0.717, 1.165) is 0 Å². The number of methoxy groups -OCH3 is 1. The Balaban J connectivity index is 2.82. The molecule has 0 aromatic heterocycles. The summed E-state index contributed by atoms with van der Waals surface area (Å²) < 4.78 is 18.2. The van der Waals surface area contributed by atoms with Crippen LogP contribution >= 0.6 is 0 Å². The fraction of sp³-hybridized carbons (Fsp3) is 0.462. The van der Waals surface area contributed by atoms with Gasteiger partial charge in [0.15, 0.2) is 0 Å². The first-order chi connectivity index (χ1) is 8.62. The molecule has 0 aliphatic rings. The molecule has 1 atom stereocenters. The second-order valence-electron chi connectivity index (χ2n) is 4.00. The van der Waals surface area contributed by atoms with Crippen LogP contribution in [-0.2, 0) is 4.79 Å². The van der Waals surface area contributed by atoms with E-state index in [2.05, 4.69) is 10.6 Å². The lowest BCUT2D eigenvalue weighted by atomic mass is 10.1. The van der Waals surface area contributed by atoms with Crippen molar-refractivity contribution < 1.29 is 13.9 Å². The van der Waals surface area contributed by atoms with Gasteiger partial charge in [0.1, 0.15) is 11.6 Å². The third-order valence-electron chi connectivity index (χ3n) is 2.73. The molecule has 1 rings (SSSR count). The quantitative estimate of drug-likeness (QED) is 0.816. The van der Waals surface area contributed by atoms with Crippen LogP contribution in [0.15, 0.2) is 18.2 Å². The van der Waals surface area contributed by atoms with Gasteiger partial charge in [0.25, 0.3) is 0 Å². The van der Waals surface area contributed by atoms with Crippen molar-refractivity contribution in [2.24, 2.45) is 5.92 Å². The second kappa shape index (κ2) is 6.96. The van der Waals surface area contributed by atoms with Crippen LogP contribution in [0.4, 0.5) is 10.1 Å². The summed E-state index contributed by atoms with van der Waals surface area (Å²) in [6.45, 7) is 2.52. The molecule has 100 valence electrons. The summed E-state index contributed by atoms with van der Waals surface area (Å²) in [6.07, 6.45) is 0.713. The van der Waals surface area contributed by atoms with E-state index in [4.69, 9.17) is 4.74 Å². The minimum absolute atomic E-state index is 0.143. The summed E-state index contributed by atoms with van der Waals surface area (Å²) in [5.74, 6) is -0.254. The molecule has 1 unspecified atom stereocenters. The highest BCUT2D eigenvalue weighted by Crippen LogP contribution is 2.25. The van der Waals surface area contributed by atoms with Crippen molar-refractivity contribution in [1.29, 1.82) is 0 Å². The van der Waals surface area contributed by atoms with E-state index in [-0.39, 0.29) is 11.8 Å². The highest BCUT2D eigenvalue weighted by Gasteiger charge is 2.17. The van der Waals surface area contributed by atoms with Gasteiger partial charge in [-0.25, -0.2) is 4.39 Å². The molecular weight excluding hydrogens is 235 g/mol. The fourth-order valence-electron chi connectivity index (χ4n) is 1.68. The van der Waals surface area contributed by atoms with E-state index in [1.54, 1.807) is 7.05 Å². The van der Waals surface area contributed by atoms with E-state index in [0.29, 0.717) is 24.4 Å². The SMILES string of the molecule is CCC(CNC)C(=O)Nc1cc(F)ccc1OC. The van der Waals surface area contributed by atoms with E-state index in [1.165, 1.54) is 25.3 Å². The van der Waals surface area contributed by atoms with Crippen molar-refractivity contribution in [2.75, 3.05) is 26.0 Å². The van der Waals surface area contributed by atoms with Crippen LogP contribution in [0, 0.1) is 11.7 Å². The number of carbonyl (C=O) groups is 1. The van der Waals surface area contributed by atoms with Crippen molar-refractivity contribution in [1.82, 2.24) is 5.32 Å². The summed E-state index contributed by atoms with van der Waals surface area (Å²) in [5, 5.41) is 5.65. The Morgan fingerprint density at radius 1 is 1.50 bits per heavy atom. The maximum absolute atomic E-state index is 13.1. The number of rotatable bonds is 6. The predicted molar refractivity (Wildman–Crippen MR) is 69.3 cm³/mol. The van der Waals surface area contributed by atoms with E-state index >= 15 is 0 Å². The largest absolute Gasteiger partial charge is 0.495 e. The number of nitrogens with one attached hydrogen (secondary N) is 2. The molecule has 0 saturated heterocycles. The van der Waals surface area contributed by atoms with Crippen LogP contribution in [0.5, 0.6) is 5.75 Å². The summed E-state index contributed by atoms with van der Waals surface area (Å²) >= 11 is 0. The van der Waals surface area contributed by atoms with Gasteiger partial charge in [0, 0.05) is 12.6 Å². The highest BCUT2D eigenvalue weighted by atomic mass is 19.1. The van der Waals surface area contributed by atoms with Crippen molar-refractivity contribution in [3.63, 3.8) is 0 Å². The fourth-order valence-corrected chi connectivity index (χ4v) is 1.68. The molecule has 4 nitrogen and oxygen atoms in total. The molecular formula is C13H19FN2O2. The minimum Gasteiger partial charge on any atom is -0.495 e. The van der Waals surface area contributed by atoms with Gasteiger partial charge in [0.2, 0.25) is 5.91 Å². The Kier molecular flexibility index (Phi) is 5.58. The average molecular weight is 254 g/mol. The Labute approximate surface area is 107 Å². The molecule has 2 N–H and O–H groups in total. The zero-order chi connectivity index (χ0) is 13.5. The Hall–Kier alpha value is -1.62. The normalized spacial score (nSPS) is 12.0. The van der Waals surface area contributed by atoms with Crippen molar-refractivity contribution in [3.8, 4) is 5.75 Å². The molecule has 0 fully saturated rings. The molecule has 0 radical (unpaired) electrons. The van der Waals surface area contributed by atoms with Crippen LogP contribution < -0.4 is 15.4 Å². The topological polar surface area (TPSA) is 50.4 Å². The number of benzene rings is 1. The molecule has 0 aliphatic heterocycles. The Bertz CT molecular complexity index is 410. The summed E-state index contributed by atoms with van der Waals surface area (Å²) in [4.78, 5) is 12.0. The number of carbonyl (C=O) groups excluding carboxylic acids is 1. The lowest BCUT2D eigenvalue weighted by molar-refractivity contribution is -0.119. The smallest absolute Gasteiger partial charge is 0.228 e. The Morgan fingerprint density at radius 3 is 2.78 bits per heavy atom. The first-order valence-electron chi connectivity index (χ1n) is 5.91. The standard InChI is InChI=1S/C13H19FN2O2/c1-4-9(8-15-2)13(17)16-11-7-10(14)5-6-12(11)18-3/h5-7,9,15H,4,8H2,1-3H3,(H,16,17). The second-order valence-corrected chi connectivity index (χ2v) is 4.00. The molecule has 18 heavy (non-hydrogen) atoms. The molecule has 1 aromatic rings. The van der Waals surface area contributed by atoms with Gasteiger partial charge in [-0.2, -0.15) is 0 Å². The first kappa shape index (κ1) is 14.4. The average Bonchev–Trinajstić information content (AvgIpc) is 2.36. The maximum atomic E-state index is 13.1. The van der Waals surface area contributed by atoms with Gasteiger partial charge >= 0.3 is 0 Å². The number of hydrogen-bond donors (Lipinski definition) is 2. The van der Waals surface area contributed by atoms with Gasteiger partial charge < -0.3 is 15.4 Å². The highest BCUT2D eigenvalue weighted by molar-refractivity contribution is 5.94. The number of amides is 1. The van der Waals surface area contributed by atoms with Gasteiger partial charge in [-0.3, -0.25) is 4.79 Å². The molecule has 1 amide bonds. The molecule has 0 aliphatic carbocycles. The van der Waals surface area contributed by atoms with Gasteiger partial charge in [-0.1, -0.05) is 6.92 Å². The molecule has 0 saturated carbocycles. The van der Waals surface area contributed by atoms with Gasteiger partial charge in [-0.15, -0.1) is 0 Å². The van der Waals surface area contributed by atoms with Crippen LogP contribution in [0.2, 0.25) is 0 Å². The first-order valence-corrected chi connectivity index (χ1v) is 5.91. The molecule has 0 bridgehead atoms. The predicted octanol–water partition coefficient (Wildman–Crippen LogP) is 2.02. The van der Waals surface area contributed by atoms with Crippen LogP contribution in [0.1, 0.15) is 13.3 Å². The molecule has 1 aromatic carbocycles. The monoisotopic (exact) mass is 254 g/mol. The van der Waals surface area contributed by atoms with Gasteiger partial charge in [0.05, 0.1) is 18.7 Å². The van der Waals surface area contributed by atoms with Crippen molar-refractivity contribution >= 4 is 11.6 Å². The van der Waals surface area contributed by atoms with Crippen molar-refractivity contribution in [3.05, 3.63) is 24.0 Å². The zero-order valence-corrected chi connectivity index (χ0v) is 10.9. The van der Waals surface area contributed by atoms with Crippen LogP contribution in [-0.4, -0.2) is 26.6 Å². The zero-order valence-electron chi connectivity index (χ0n) is 10.9. The van der Waals surface area contributed by atoms with E-state index in [1.807, 2.05) is 6.92 Å². The summed E-state index contributed by atoms with van der Waals surface area (Å²) in [6, 6.07) is 4.03. The molecule has 0 heterocycles. The Morgan fingerprint density at radius 2 is 2.22 bits per heavy atom. The third-order valence-corrected chi connectivity index (χ3v) is 2.73. The number of anilines is 1. The van der Waals surface area contributed by atoms with Gasteiger partial charge in [-0.05, 0) is 25.6 Å². The third kappa shape index (κ3) is 3.70. The maximum Gasteiger partial charge on any atom is 0.228 e. The number of hydrogen-bond acceptors (Lipinski definition) is 3. The lowest BCUT2D eigenvalue weighted by Crippen LogP contribution is -2.30. The van der Waals surface area contributed by atoms with E-state index < -0.39 is 5.82 Å². The van der Waals surface area contributed by atoms with Crippen LogP contribution in [0.25, 0.3) is 0 Å². The minimum atomic E-state index is -0.409. The number of halogens is 1.